The number of anilines is 7. The predicted molar refractivity (Wildman–Crippen MR) is 323 cm³/mol. The summed E-state index contributed by atoms with van der Waals surface area (Å²) in [4.78, 5) is 107. The summed E-state index contributed by atoms with van der Waals surface area (Å²) in [5, 5.41) is 49.6. The molecule has 0 radical (unpaired) electrons. The number of amides is 2. The largest absolute Gasteiger partial charge is 0.495 e. The third kappa shape index (κ3) is 17.5. The minimum atomic E-state index is -3.61. The van der Waals surface area contributed by atoms with Gasteiger partial charge < -0.3 is 64.9 Å². The Bertz CT molecular complexity index is 4040. The van der Waals surface area contributed by atoms with Gasteiger partial charge in [0.2, 0.25) is 17.0 Å². The molecule has 2 aliphatic heterocycles. The fourth-order valence-corrected chi connectivity index (χ4v) is 10.2. The molecule has 0 atom stereocenters. The number of esters is 1. The second kappa shape index (κ2) is 31.4. The second-order valence-electron chi connectivity index (χ2n) is 21.0. The monoisotopic (exact) mass is 1400 g/mol. The number of alkyl halides is 4. The van der Waals surface area contributed by atoms with Crippen LogP contribution in [0, 0.1) is 49.3 Å². The molecule has 2 amide bonds. The lowest BCUT2D eigenvalue weighted by molar-refractivity contribution is -0.387. The van der Waals surface area contributed by atoms with Crippen molar-refractivity contribution in [2.75, 3.05) is 86.3 Å². The SMILES string of the molecule is CN1C(=O)C(F)(F)CN(C2CCCC2)c2nc(Cl)ncc21.COC(=O)c1cc(F)c([N+](=O)[O-])cc1F.COc1cc(C(=O)O)c(F)cc1N.COc1cc(C(=O)O)c(F)cc1Nc1ncc2c(n1)N(C1CCCC1)CC(F)(F)C(=O)N2C.COc1cc(C(=O)O)c(F)cc1[N+](=O)[O-]. The Hall–Kier alpha value is -11.1. The van der Waals surface area contributed by atoms with Crippen molar-refractivity contribution in [3.8, 4) is 17.2 Å². The molecule has 2 saturated carbocycles. The molecule has 4 aliphatic rings. The van der Waals surface area contributed by atoms with Gasteiger partial charge >= 0.3 is 47.1 Å². The fraction of sp³-hybridized carbons (Fsp3) is 0.345. The van der Waals surface area contributed by atoms with Crippen LogP contribution in [0.5, 0.6) is 17.2 Å². The Morgan fingerprint density at radius 3 is 1.43 bits per heavy atom. The highest BCUT2D eigenvalue weighted by atomic mass is 35.5. The molecule has 0 saturated heterocycles. The molecule has 0 spiro atoms. The molecule has 0 bridgehead atoms. The fourth-order valence-electron chi connectivity index (χ4n) is 10.1. The van der Waals surface area contributed by atoms with Crippen molar-refractivity contribution in [3.63, 3.8) is 0 Å². The van der Waals surface area contributed by atoms with Gasteiger partial charge in [-0.3, -0.25) is 29.8 Å². The number of nitrogens with one attached hydrogen (secondary N) is 1. The van der Waals surface area contributed by atoms with E-state index in [0.717, 1.165) is 92.9 Å². The van der Waals surface area contributed by atoms with Gasteiger partial charge in [0.05, 0.1) is 110 Å². The number of carboxylic acid groups (broad SMARTS) is 3. The molecule has 2 fully saturated rings. The Morgan fingerprint density at radius 2 is 0.990 bits per heavy atom. The molecule has 6 aromatic rings. The van der Waals surface area contributed by atoms with Crippen molar-refractivity contribution in [2.45, 2.75) is 75.3 Å². The van der Waals surface area contributed by atoms with Crippen LogP contribution in [-0.4, -0.2) is 160 Å². The van der Waals surface area contributed by atoms with E-state index >= 15 is 0 Å². The van der Waals surface area contributed by atoms with E-state index in [0.29, 0.717) is 36.9 Å². The normalized spacial score (nSPS) is 15.3. The van der Waals surface area contributed by atoms with Crippen LogP contribution in [0.25, 0.3) is 0 Å². The molecular weight excluding hydrogens is 1340 g/mol. The average Bonchev–Trinajstić information content (AvgIpc) is 1.65. The number of nitrogens with two attached hydrogens (primary N) is 1. The summed E-state index contributed by atoms with van der Waals surface area (Å²) in [5.41, 5.74) is 1.86. The number of hydrogen-bond donors (Lipinski definition) is 5. The van der Waals surface area contributed by atoms with Crippen LogP contribution in [0.2, 0.25) is 5.28 Å². The number of carboxylic acids is 3. The minimum Gasteiger partial charge on any atom is -0.495 e. The highest BCUT2D eigenvalue weighted by Crippen LogP contribution is 2.42. The number of carbonyl (C=O) groups excluding carboxylic acids is 3. The van der Waals surface area contributed by atoms with Crippen LogP contribution in [0.1, 0.15) is 92.8 Å². The molecule has 2 aromatic heterocycles. The van der Waals surface area contributed by atoms with E-state index in [9.17, 15) is 88.5 Å². The number of hydrogen-bond acceptors (Lipinski definition) is 22. The van der Waals surface area contributed by atoms with Gasteiger partial charge in [0.15, 0.2) is 17.4 Å². The molecule has 29 nitrogen and oxygen atoms in total. The number of nitro benzene ring substituents is 2. The van der Waals surface area contributed by atoms with Gasteiger partial charge in [0.1, 0.15) is 46.1 Å². The highest BCUT2D eigenvalue weighted by molar-refractivity contribution is 6.28. The number of rotatable bonds is 13. The number of nitrogens with zero attached hydrogens (tertiary/aromatic N) is 10. The third-order valence-electron chi connectivity index (χ3n) is 14.9. The van der Waals surface area contributed by atoms with Crippen molar-refractivity contribution in [1.29, 1.82) is 0 Å². The maximum atomic E-state index is 14.7. The maximum Gasteiger partial charge on any atom is 0.342 e. The molecule has 0 unspecified atom stereocenters. The second-order valence-corrected chi connectivity index (χ2v) is 21.3. The highest BCUT2D eigenvalue weighted by Gasteiger charge is 2.50. The van der Waals surface area contributed by atoms with E-state index < -0.39 is 133 Å². The average molecular weight is 1400 g/mol. The first-order chi connectivity index (χ1) is 45.5. The van der Waals surface area contributed by atoms with Crippen LogP contribution in [0.15, 0.2) is 60.9 Å². The molecule has 2 aliphatic carbocycles. The molecule has 97 heavy (non-hydrogen) atoms. The summed E-state index contributed by atoms with van der Waals surface area (Å²) in [5.74, 6) is -20.3. The van der Waals surface area contributed by atoms with Gasteiger partial charge in [-0.25, -0.2) is 46.7 Å². The zero-order valence-electron chi connectivity index (χ0n) is 51.4. The van der Waals surface area contributed by atoms with E-state index in [1.165, 1.54) is 50.5 Å². The minimum absolute atomic E-state index is 0.0113. The molecule has 520 valence electrons. The first-order valence-electron chi connectivity index (χ1n) is 28.0. The van der Waals surface area contributed by atoms with E-state index in [2.05, 4.69) is 34.7 Å². The van der Waals surface area contributed by atoms with Gasteiger partial charge in [0, 0.05) is 44.4 Å². The zero-order valence-corrected chi connectivity index (χ0v) is 52.1. The van der Waals surface area contributed by atoms with E-state index in [4.69, 9.17) is 42.1 Å². The van der Waals surface area contributed by atoms with Crippen molar-refractivity contribution in [1.82, 2.24) is 19.9 Å². The first-order valence-corrected chi connectivity index (χ1v) is 28.4. The summed E-state index contributed by atoms with van der Waals surface area (Å²) >= 11 is 5.82. The number of benzene rings is 4. The summed E-state index contributed by atoms with van der Waals surface area (Å²) in [6.07, 6.45) is 9.33. The smallest absolute Gasteiger partial charge is 0.342 e. The first kappa shape index (κ1) is 75.0. The Morgan fingerprint density at radius 1 is 0.588 bits per heavy atom. The van der Waals surface area contributed by atoms with Crippen molar-refractivity contribution >= 4 is 99.0 Å². The molecule has 4 heterocycles. The molecular formula is C58H56ClF9N12O17. The van der Waals surface area contributed by atoms with E-state index in [1.54, 1.807) is 0 Å². The van der Waals surface area contributed by atoms with E-state index in [-0.39, 0.29) is 69.1 Å². The van der Waals surface area contributed by atoms with Crippen LogP contribution in [0.4, 0.5) is 91.2 Å². The molecule has 6 N–H and O–H groups in total. The van der Waals surface area contributed by atoms with Gasteiger partial charge in [-0.1, -0.05) is 25.7 Å². The summed E-state index contributed by atoms with van der Waals surface area (Å²) in [6, 6.07) is 5.71. The number of carbonyl (C=O) groups is 6. The van der Waals surface area contributed by atoms with Gasteiger partial charge in [-0.2, -0.15) is 31.9 Å². The maximum absolute atomic E-state index is 14.7. The van der Waals surface area contributed by atoms with Crippen molar-refractivity contribution in [2.24, 2.45) is 0 Å². The lowest BCUT2D eigenvalue weighted by Gasteiger charge is -2.31. The number of nitrogen functional groups attached to an aromatic ring is 1. The van der Waals surface area contributed by atoms with Gasteiger partial charge in [0.25, 0.3) is 11.8 Å². The summed E-state index contributed by atoms with van der Waals surface area (Å²) < 4.78 is 142. The quantitative estimate of drug-likeness (QED) is 0.0179. The standard InChI is InChI=1S/C21H22F3N5O4.C13H15ClF2N4O.C8H5F2NO4.C8H6FNO5.C8H8FNO3/c1-28-15-9-25-20(26-14-8-13(22)12(18(30)31)7-16(14)33-2)27-17(15)29(11-5-3-4-6-11)10-21(23,24)19(28)32;1-19-9-6-17-12(14)18-10(9)20(8-4-2-3-5-8)7-13(15,16)11(19)21;1-15-8(12)4-2-6(10)7(11(13)14)3-5(4)9;1-15-7-2-4(8(11)12)5(9)3-6(7)10(13)14;1-13-7-2-4(8(11)12)5(9)3-6(7)10/h7-9,11H,3-6,10H2,1-2H3,(H,30,31)(H,25,26,27);6,8H,2-5,7H2,1H3;2-3H,1H3;2-3H,1H3,(H,11,12);2-3H,10H2,1H3,(H,11,12). The van der Waals surface area contributed by atoms with Crippen molar-refractivity contribution in [3.05, 3.63) is 138 Å². The van der Waals surface area contributed by atoms with Crippen LogP contribution >= 0.6 is 11.6 Å². The number of halogens is 10. The molecule has 10 rings (SSSR count). The lowest BCUT2D eigenvalue weighted by Crippen LogP contribution is -2.48. The van der Waals surface area contributed by atoms with Gasteiger partial charge in [-0.15, -0.1) is 0 Å². The summed E-state index contributed by atoms with van der Waals surface area (Å²) in [7, 11) is 7.28. The van der Waals surface area contributed by atoms with Crippen LogP contribution in [0.3, 0.4) is 0 Å². The number of fused-ring (bicyclic) bond motifs is 2. The predicted octanol–water partition coefficient (Wildman–Crippen LogP) is 10.1. The van der Waals surface area contributed by atoms with Crippen molar-refractivity contribution < 1.29 is 112 Å². The summed E-state index contributed by atoms with van der Waals surface area (Å²) in [6.45, 7) is -1.48. The number of aromatic carboxylic acids is 3. The number of aromatic nitrogens is 4. The molecule has 4 aromatic carbocycles. The third-order valence-corrected chi connectivity index (χ3v) is 15.1. The number of methoxy groups -OCH3 is 4. The Balaban J connectivity index is 0.000000202. The Labute approximate surface area is 546 Å². The number of ether oxygens (including phenoxy) is 4. The van der Waals surface area contributed by atoms with Crippen LogP contribution < -0.4 is 44.9 Å². The number of nitro groups is 2. The molecule has 39 heteroatoms. The lowest BCUT2D eigenvalue weighted by atomic mass is 10.1. The van der Waals surface area contributed by atoms with Gasteiger partial charge in [-0.05, 0) is 55.5 Å². The topological polar surface area (TPSA) is 389 Å². The Kier molecular flexibility index (Phi) is 24.3. The van der Waals surface area contributed by atoms with E-state index in [1.807, 2.05) is 0 Å². The zero-order chi connectivity index (χ0) is 72.3. The van der Waals surface area contributed by atoms with Crippen LogP contribution in [-0.2, 0) is 14.3 Å².